The van der Waals surface area contributed by atoms with Crippen molar-refractivity contribution in [1.29, 1.82) is 0 Å². The number of amides is 3. The van der Waals surface area contributed by atoms with Gasteiger partial charge in [-0.15, -0.1) is 0 Å². The lowest BCUT2D eigenvalue weighted by Crippen LogP contribution is -2.49. The number of rotatable bonds is 7. The smallest absolute Gasteiger partial charge is 0.330 e. The molecule has 1 heterocycles. The Kier molecular flexibility index (Phi) is 6.50. The van der Waals surface area contributed by atoms with Crippen molar-refractivity contribution in [3.8, 4) is 0 Å². The first kappa shape index (κ1) is 21.1. The topological polar surface area (TPSA) is 110 Å². The summed E-state index contributed by atoms with van der Waals surface area (Å²) in [4.78, 5) is 63.0. The highest BCUT2D eigenvalue weighted by Gasteiger charge is 2.44. The van der Waals surface area contributed by atoms with Crippen LogP contribution in [0.1, 0.15) is 34.6 Å². The van der Waals surface area contributed by atoms with E-state index in [1.54, 1.807) is 26.0 Å². The molecule has 0 radical (unpaired) electrons. The van der Waals surface area contributed by atoms with Crippen LogP contribution in [0.25, 0.3) is 0 Å². The summed E-state index contributed by atoms with van der Waals surface area (Å²) in [5, 5.41) is 0. The van der Waals surface area contributed by atoms with E-state index in [2.05, 4.69) is 4.74 Å². The Balaban J connectivity index is 2.10. The minimum Gasteiger partial charge on any atom is -0.468 e. The number of carbonyl (C=O) groups excluding carboxylic acids is 5. The van der Waals surface area contributed by atoms with E-state index in [-0.39, 0.29) is 17.7 Å². The fraction of sp³-hybridized carbons (Fsp3) is 0.421. The van der Waals surface area contributed by atoms with Gasteiger partial charge >= 0.3 is 11.9 Å². The molecule has 28 heavy (non-hydrogen) atoms. The Labute approximate surface area is 162 Å². The zero-order valence-electron chi connectivity index (χ0n) is 16.1. The van der Waals surface area contributed by atoms with Gasteiger partial charge in [-0.25, -0.2) is 4.79 Å². The summed E-state index contributed by atoms with van der Waals surface area (Å²) in [5.41, 5.74) is 0.444. The van der Waals surface area contributed by atoms with E-state index in [1.807, 2.05) is 0 Å². The van der Waals surface area contributed by atoms with Gasteiger partial charge in [-0.05, 0) is 18.1 Å². The van der Waals surface area contributed by atoms with Crippen LogP contribution in [-0.4, -0.2) is 72.8 Å². The van der Waals surface area contributed by atoms with Gasteiger partial charge in [0.25, 0.3) is 17.7 Å². The van der Waals surface area contributed by atoms with E-state index < -0.39 is 48.2 Å². The Bertz CT molecular complexity index is 783. The van der Waals surface area contributed by atoms with E-state index in [4.69, 9.17) is 4.74 Å². The van der Waals surface area contributed by atoms with Crippen LogP contribution in [0, 0.1) is 5.92 Å². The van der Waals surface area contributed by atoms with Crippen molar-refractivity contribution < 1.29 is 33.4 Å². The van der Waals surface area contributed by atoms with Crippen LogP contribution in [0.15, 0.2) is 24.3 Å². The van der Waals surface area contributed by atoms with Gasteiger partial charge in [0.15, 0.2) is 6.61 Å². The number of esters is 2. The molecule has 0 aliphatic carbocycles. The van der Waals surface area contributed by atoms with Crippen molar-refractivity contribution in [3.63, 3.8) is 0 Å². The molecule has 1 aliphatic rings. The fourth-order valence-corrected chi connectivity index (χ4v) is 2.81. The molecule has 0 saturated heterocycles. The Hall–Kier alpha value is -3.23. The Morgan fingerprint density at radius 2 is 1.61 bits per heavy atom. The molecule has 1 atom stereocenters. The quantitative estimate of drug-likeness (QED) is 0.492. The van der Waals surface area contributed by atoms with Crippen molar-refractivity contribution in [2.24, 2.45) is 5.92 Å². The summed E-state index contributed by atoms with van der Waals surface area (Å²) in [6.07, 6.45) is 0. The largest absolute Gasteiger partial charge is 0.468 e. The van der Waals surface area contributed by atoms with Crippen molar-refractivity contribution in [1.82, 2.24) is 9.80 Å². The number of carbonyl (C=O) groups is 5. The van der Waals surface area contributed by atoms with Crippen LogP contribution in [0.4, 0.5) is 0 Å². The van der Waals surface area contributed by atoms with Gasteiger partial charge in [0.2, 0.25) is 0 Å². The van der Waals surface area contributed by atoms with Gasteiger partial charge in [0.1, 0.15) is 12.6 Å². The number of hydrogen-bond acceptors (Lipinski definition) is 7. The second kappa shape index (κ2) is 8.64. The third-order valence-electron chi connectivity index (χ3n) is 4.33. The summed E-state index contributed by atoms with van der Waals surface area (Å²) < 4.78 is 9.51. The second-order valence-corrected chi connectivity index (χ2v) is 6.65. The number of hydrogen-bond donors (Lipinski definition) is 0. The molecule has 1 aromatic carbocycles. The molecule has 0 bridgehead atoms. The molecule has 1 aliphatic heterocycles. The molecule has 0 N–H and O–H groups in total. The second-order valence-electron chi connectivity index (χ2n) is 6.65. The number of nitrogens with zero attached hydrogens (tertiary/aromatic N) is 2. The van der Waals surface area contributed by atoms with Gasteiger partial charge in [-0.1, -0.05) is 26.0 Å². The van der Waals surface area contributed by atoms with Gasteiger partial charge in [-0.3, -0.25) is 24.1 Å². The molecule has 0 aromatic heterocycles. The molecule has 2 rings (SSSR count). The first-order valence-corrected chi connectivity index (χ1v) is 8.63. The highest BCUT2D eigenvalue weighted by molar-refractivity contribution is 6.22. The highest BCUT2D eigenvalue weighted by atomic mass is 16.5. The summed E-state index contributed by atoms with van der Waals surface area (Å²) in [6, 6.07) is 5.12. The summed E-state index contributed by atoms with van der Waals surface area (Å²) in [7, 11) is 2.55. The van der Waals surface area contributed by atoms with Crippen molar-refractivity contribution >= 4 is 29.7 Å². The predicted molar refractivity (Wildman–Crippen MR) is 96.2 cm³/mol. The first-order chi connectivity index (χ1) is 13.2. The fourth-order valence-electron chi connectivity index (χ4n) is 2.81. The molecule has 150 valence electrons. The minimum absolute atomic E-state index is 0.222. The highest BCUT2D eigenvalue weighted by Crippen LogP contribution is 2.27. The Morgan fingerprint density at radius 3 is 2.07 bits per heavy atom. The molecule has 0 saturated carbocycles. The zero-order chi connectivity index (χ0) is 21.0. The van der Waals surface area contributed by atoms with Gasteiger partial charge in [0, 0.05) is 7.05 Å². The molecule has 0 spiro atoms. The van der Waals surface area contributed by atoms with E-state index in [9.17, 15) is 24.0 Å². The molecular formula is C19H22N2O7. The molecule has 0 unspecified atom stereocenters. The maximum Gasteiger partial charge on any atom is 0.330 e. The summed E-state index contributed by atoms with van der Waals surface area (Å²) in [5.74, 6) is -3.70. The molecule has 9 heteroatoms. The number of benzene rings is 1. The van der Waals surface area contributed by atoms with E-state index in [0.717, 1.165) is 9.80 Å². The van der Waals surface area contributed by atoms with Crippen LogP contribution in [-0.2, 0) is 23.9 Å². The molecule has 3 amide bonds. The van der Waals surface area contributed by atoms with Crippen LogP contribution >= 0.6 is 0 Å². The summed E-state index contributed by atoms with van der Waals surface area (Å²) >= 11 is 0. The summed E-state index contributed by atoms with van der Waals surface area (Å²) in [6.45, 7) is 2.42. The standard InChI is InChI=1S/C19H22N2O7/c1-11(2)16(19(26)28-10-14(22)20(3)9-15(23)27-4)21-17(24)12-7-5-6-8-13(12)18(21)25/h5-8,11,16H,9-10H2,1-4H3/t16-/m1/s1. The van der Waals surface area contributed by atoms with Gasteiger partial charge in [0.05, 0.1) is 18.2 Å². The Morgan fingerprint density at radius 1 is 1.07 bits per heavy atom. The first-order valence-electron chi connectivity index (χ1n) is 8.63. The van der Waals surface area contributed by atoms with Crippen LogP contribution in [0.5, 0.6) is 0 Å². The van der Waals surface area contributed by atoms with Gasteiger partial charge < -0.3 is 14.4 Å². The maximum absolute atomic E-state index is 12.6. The van der Waals surface area contributed by atoms with Crippen molar-refractivity contribution in [2.75, 3.05) is 27.3 Å². The lowest BCUT2D eigenvalue weighted by Gasteiger charge is -2.27. The normalized spacial score (nSPS) is 14.0. The van der Waals surface area contributed by atoms with Crippen molar-refractivity contribution in [3.05, 3.63) is 35.4 Å². The monoisotopic (exact) mass is 390 g/mol. The molecule has 9 nitrogen and oxygen atoms in total. The average Bonchev–Trinajstić information content (AvgIpc) is 2.91. The number of ether oxygens (including phenoxy) is 2. The minimum atomic E-state index is -1.17. The third kappa shape index (κ3) is 4.19. The van der Waals surface area contributed by atoms with Crippen LogP contribution in [0.2, 0.25) is 0 Å². The number of imide groups is 1. The SMILES string of the molecule is COC(=O)CN(C)C(=O)COC(=O)[C@@H](C(C)C)N1C(=O)c2ccccc2C1=O. The van der Waals surface area contributed by atoms with E-state index in [1.165, 1.54) is 26.3 Å². The molecule has 1 aromatic rings. The lowest BCUT2D eigenvalue weighted by molar-refractivity contribution is -0.157. The average molecular weight is 390 g/mol. The zero-order valence-corrected chi connectivity index (χ0v) is 16.1. The number of likely N-dealkylation sites (N-methyl/N-ethyl adjacent to an activating group) is 1. The lowest BCUT2D eigenvalue weighted by atomic mass is 10.0. The van der Waals surface area contributed by atoms with Gasteiger partial charge in [-0.2, -0.15) is 0 Å². The van der Waals surface area contributed by atoms with E-state index in [0.29, 0.717) is 0 Å². The van der Waals surface area contributed by atoms with E-state index >= 15 is 0 Å². The number of fused-ring (bicyclic) bond motifs is 1. The van der Waals surface area contributed by atoms with Crippen LogP contribution < -0.4 is 0 Å². The predicted octanol–water partition coefficient (Wildman–Crippen LogP) is 0.482. The number of methoxy groups -OCH3 is 1. The maximum atomic E-state index is 12.6. The van der Waals surface area contributed by atoms with Crippen molar-refractivity contribution in [2.45, 2.75) is 19.9 Å². The molecule has 0 fully saturated rings. The third-order valence-corrected chi connectivity index (χ3v) is 4.33. The molecular weight excluding hydrogens is 368 g/mol. The van der Waals surface area contributed by atoms with Crippen LogP contribution in [0.3, 0.4) is 0 Å².